The van der Waals surface area contributed by atoms with E-state index in [1.54, 1.807) is 49.3 Å². The van der Waals surface area contributed by atoms with Crippen LogP contribution in [-0.4, -0.2) is 31.5 Å². The number of non-ortho nitro benzene ring substituents is 1. The van der Waals surface area contributed by atoms with Gasteiger partial charge < -0.3 is 4.90 Å². The normalized spacial score (nSPS) is 10.1. The third kappa shape index (κ3) is 2.85. The first-order valence-electron chi connectivity index (χ1n) is 6.52. The summed E-state index contributed by atoms with van der Waals surface area (Å²) in [4.78, 5) is 28.8. The topological polar surface area (TPSA) is 75.8 Å². The number of ketones is 1. The maximum Gasteiger partial charge on any atom is 0.272 e. The first kappa shape index (κ1) is 15.4. The minimum atomic E-state index is -0.526. The molecule has 112 valence electrons. The summed E-state index contributed by atoms with van der Waals surface area (Å²) in [5.74, 6) is -0.324. The van der Waals surface area contributed by atoms with E-state index in [-0.39, 0.29) is 17.0 Å². The van der Waals surface area contributed by atoms with Crippen molar-refractivity contribution in [2.45, 2.75) is 0 Å². The van der Waals surface area contributed by atoms with Crippen LogP contribution in [-0.2, 0) is 0 Å². The molecule has 0 unspecified atom stereocenters. The number of carbonyl (C=O) groups excluding carboxylic acids is 1. The van der Waals surface area contributed by atoms with Crippen molar-refractivity contribution < 1.29 is 9.72 Å². The number of aliphatic imine (C=N–C) groups is 1. The predicted octanol–water partition coefficient (Wildman–Crippen LogP) is 3.22. The molecule has 2 aromatic rings. The molecule has 0 atom stereocenters. The Morgan fingerprint density at radius 3 is 2.36 bits per heavy atom. The quantitative estimate of drug-likeness (QED) is 0.367. The van der Waals surface area contributed by atoms with E-state index in [0.29, 0.717) is 16.9 Å². The Hall–Kier alpha value is -3.02. The summed E-state index contributed by atoms with van der Waals surface area (Å²) in [5.41, 5.74) is 1.26. The molecular formula is C16H15N3O3. The number of anilines is 1. The summed E-state index contributed by atoms with van der Waals surface area (Å²) in [5, 5.41) is 11.1. The summed E-state index contributed by atoms with van der Waals surface area (Å²) in [7, 11) is 3.45. The lowest BCUT2D eigenvalue weighted by Gasteiger charge is -2.17. The molecule has 0 saturated heterocycles. The maximum atomic E-state index is 12.6. The Kier molecular flexibility index (Phi) is 4.31. The lowest BCUT2D eigenvalue weighted by molar-refractivity contribution is -0.384. The van der Waals surface area contributed by atoms with Gasteiger partial charge >= 0.3 is 0 Å². The number of benzene rings is 2. The van der Waals surface area contributed by atoms with Gasteiger partial charge in [-0.15, -0.1) is 0 Å². The summed E-state index contributed by atoms with van der Waals surface area (Å²) in [6.07, 6.45) is 0. The smallest absolute Gasteiger partial charge is 0.272 e. The van der Waals surface area contributed by atoms with Crippen LogP contribution >= 0.6 is 0 Å². The van der Waals surface area contributed by atoms with Crippen molar-refractivity contribution in [3.63, 3.8) is 0 Å². The number of nitro benzene ring substituents is 1. The summed E-state index contributed by atoms with van der Waals surface area (Å²) < 4.78 is 0. The zero-order chi connectivity index (χ0) is 16.3. The molecular weight excluding hydrogens is 282 g/mol. The van der Waals surface area contributed by atoms with E-state index in [1.165, 1.54) is 12.1 Å². The number of nitro groups is 1. The molecule has 0 aliphatic carbocycles. The molecule has 0 aromatic heterocycles. The third-order valence-electron chi connectivity index (χ3n) is 3.21. The molecule has 2 aromatic carbocycles. The molecule has 0 amide bonds. The third-order valence-corrected chi connectivity index (χ3v) is 3.21. The van der Waals surface area contributed by atoms with Crippen LogP contribution in [0.25, 0.3) is 0 Å². The van der Waals surface area contributed by atoms with Gasteiger partial charge in [0, 0.05) is 31.8 Å². The molecule has 0 radical (unpaired) electrons. The van der Waals surface area contributed by atoms with Gasteiger partial charge in [0.05, 0.1) is 21.9 Å². The number of carbonyl (C=O) groups is 1. The zero-order valence-corrected chi connectivity index (χ0v) is 12.3. The minimum absolute atomic E-state index is 0.157. The fourth-order valence-corrected chi connectivity index (χ4v) is 2.13. The van der Waals surface area contributed by atoms with Crippen molar-refractivity contribution in [3.05, 3.63) is 63.7 Å². The van der Waals surface area contributed by atoms with E-state index in [0.717, 1.165) is 0 Å². The highest BCUT2D eigenvalue weighted by molar-refractivity contribution is 6.14. The minimum Gasteiger partial charge on any atom is -0.376 e. The lowest BCUT2D eigenvalue weighted by Crippen LogP contribution is -2.12. The van der Waals surface area contributed by atoms with Crippen molar-refractivity contribution in [3.8, 4) is 0 Å². The van der Waals surface area contributed by atoms with E-state index in [1.807, 2.05) is 0 Å². The maximum absolute atomic E-state index is 12.6. The largest absolute Gasteiger partial charge is 0.376 e. The Balaban J connectivity index is 2.70. The average Bonchev–Trinajstić information content (AvgIpc) is 2.53. The van der Waals surface area contributed by atoms with E-state index in [4.69, 9.17) is 0 Å². The molecule has 22 heavy (non-hydrogen) atoms. The van der Waals surface area contributed by atoms with Crippen LogP contribution in [0, 0.1) is 10.1 Å². The molecule has 0 aliphatic rings. The summed E-state index contributed by atoms with van der Waals surface area (Å²) >= 11 is 0. The SMILES string of the molecule is C=Nc1c(C(=O)c2ccccc2)cc([N+](=O)[O-])cc1N(C)C. The van der Waals surface area contributed by atoms with Crippen molar-refractivity contribution in [1.82, 2.24) is 0 Å². The molecule has 6 nitrogen and oxygen atoms in total. The van der Waals surface area contributed by atoms with Crippen LogP contribution in [0.15, 0.2) is 47.5 Å². The van der Waals surface area contributed by atoms with Gasteiger partial charge in [0.1, 0.15) is 0 Å². The first-order chi connectivity index (χ1) is 10.5. The van der Waals surface area contributed by atoms with Crippen LogP contribution in [0.3, 0.4) is 0 Å². The van der Waals surface area contributed by atoms with Crippen LogP contribution in [0.5, 0.6) is 0 Å². The van der Waals surface area contributed by atoms with Crippen molar-refractivity contribution >= 4 is 29.6 Å². The Bertz CT molecular complexity index is 740. The fraction of sp³-hybridized carbons (Fsp3) is 0.125. The van der Waals surface area contributed by atoms with E-state index in [9.17, 15) is 14.9 Å². The monoisotopic (exact) mass is 297 g/mol. The first-order valence-corrected chi connectivity index (χ1v) is 6.52. The molecule has 0 saturated carbocycles. The second-order valence-corrected chi connectivity index (χ2v) is 4.87. The molecule has 0 N–H and O–H groups in total. The molecule has 0 spiro atoms. The second-order valence-electron chi connectivity index (χ2n) is 4.87. The Morgan fingerprint density at radius 1 is 1.23 bits per heavy atom. The number of nitrogens with zero attached hydrogens (tertiary/aromatic N) is 3. The molecule has 0 bridgehead atoms. The Labute approximate surface area is 127 Å². The van der Waals surface area contributed by atoms with Crippen molar-refractivity contribution in [2.24, 2.45) is 4.99 Å². The molecule has 0 heterocycles. The van der Waals surface area contributed by atoms with Crippen LogP contribution in [0.4, 0.5) is 17.1 Å². The summed E-state index contributed by atoms with van der Waals surface area (Å²) in [6.45, 7) is 3.49. The fourth-order valence-electron chi connectivity index (χ4n) is 2.13. The standard InChI is InChI=1S/C16H15N3O3/c1-17-15-13(16(20)11-7-5-4-6-8-11)9-12(19(21)22)10-14(15)18(2)3/h4-10H,1H2,2-3H3. The van der Waals surface area contributed by atoms with Crippen LogP contribution in [0.1, 0.15) is 15.9 Å². The van der Waals surface area contributed by atoms with Gasteiger partial charge in [-0.3, -0.25) is 19.9 Å². The molecule has 6 heteroatoms. The van der Waals surface area contributed by atoms with Crippen molar-refractivity contribution in [2.75, 3.05) is 19.0 Å². The van der Waals surface area contributed by atoms with Gasteiger partial charge in [-0.1, -0.05) is 30.3 Å². The van der Waals surface area contributed by atoms with E-state index in [2.05, 4.69) is 11.7 Å². The average molecular weight is 297 g/mol. The molecule has 0 aliphatic heterocycles. The zero-order valence-electron chi connectivity index (χ0n) is 12.3. The number of rotatable bonds is 5. The highest BCUT2D eigenvalue weighted by Crippen LogP contribution is 2.36. The van der Waals surface area contributed by atoms with Gasteiger partial charge in [0.15, 0.2) is 5.78 Å². The van der Waals surface area contributed by atoms with Crippen LogP contribution < -0.4 is 4.90 Å². The van der Waals surface area contributed by atoms with E-state index < -0.39 is 4.92 Å². The molecule has 0 fully saturated rings. The Morgan fingerprint density at radius 2 is 1.86 bits per heavy atom. The highest BCUT2D eigenvalue weighted by Gasteiger charge is 2.22. The van der Waals surface area contributed by atoms with Gasteiger partial charge in [-0.2, -0.15) is 0 Å². The predicted molar refractivity (Wildman–Crippen MR) is 86.5 cm³/mol. The van der Waals surface area contributed by atoms with Gasteiger partial charge in [-0.05, 0) is 6.72 Å². The van der Waals surface area contributed by atoms with Gasteiger partial charge in [-0.25, -0.2) is 0 Å². The molecule has 2 rings (SSSR count). The lowest BCUT2D eigenvalue weighted by atomic mass is 9.99. The van der Waals surface area contributed by atoms with E-state index >= 15 is 0 Å². The second kappa shape index (κ2) is 6.17. The van der Waals surface area contributed by atoms with Gasteiger partial charge in [0.25, 0.3) is 5.69 Å². The summed E-state index contributed by atoms with van der Waals surface area (Å²) in [6, 6.07) is 11.2. The van der Waals surface area contributed by atoms with Gasteiger partial charge in [0.2, 0.25) is 0 Å². The highest BCUT2D eigenvalue weighted by atomic mass is 16.6. The number of hydrogen-bond acceptors (Lipinski definition) is 5. The number of hydrogen-bond donors (Lipinski definition) is 0. The van der Waals surface area contributed by atoms with Crippen LogP contribution in [0.2, 0.25) is 0 Å². The van der Waals surface area contributed by atoms with Crippen molar-refractivity contribution in [1.29, 1.82) is 0 Å².